The molecule has 4 aromatic rings. The van der Waals surface area contributed by atoms with Crippen LogP contribution in [-0.2, 0) is 0 Å². The molecular weight excluding hydrogens is 316 g/mol. The highest BCUT2D eigenvalue weighted by molar-refractivity contribution is 5.82. The number of anilines is 2. The fraction of sp³-hybridized carbons (Fsp3) is 0. The molecule has 0 fully saturated rings. The van der Waals surface area contributed by atoms with Crippen molar-refractivity contribution in [1.29, 1.82) is 0 Å². The summed E-state index contributed by atoms with van der Waals surface area (Å²) in [6.07, 6.45) is 0. The molecule has 2 nitrogen and oxygen atoms in total. The van der Waals surface area contributed by atoms with E-state index >= 15 is 0 Å². The Morgan fingerprint density at radius 2 is 0.654 bits per heavy atom. The van der Waals surface area contributed by atoms with Gasteiger partial charge in [0.1, 0.15) is 0 Å². The van der Waals surface area contributed by atoms with Gasteiger partial charge in [0, 0.05) is 11.4 Å². The number of hydrogen-bond acceptors (Lipinski definition) is 2. The summed E-state index contributed by atoms with van der Waals surface area (Å²) in [5.41, 5.74) is 20.5. The zero-order chi connectivity index (χ0) is 17.9. The van der Waals surface area contributed by atoms with Gasteiger partial charge in [-0.2, -0.15) is 0 Å². The summed E-state index contributed by atoms with van der Waals surface area (Å²) in [6, 6.07) is 32.8. The minimum atomic E-state index is 0.741. The van der Waals surface area contributed by atoms with Gasteiger partial charge in [0.05, 0.1) is 0 Å². The zero-order valence-corrected chi connectivity index (χ0v) is 14.4. The molecule has 0 radical (unpaired) electrons. The topological polar surface area (TPSA) is 52.0 Å². The predicted molar refractivity (Wildman–Crippen MR) is 112 cm³/mol. The van der Waals surface area contributed by atoms with Gasteiger partial charge in [-0.15, -0.1) is 0 Å². The van der Waals surface area contributed by atoms with Crippen LogP contribution in [0.25, 0.3) is 33.4 Å². The molecule has 0 atom stereocenters. The fourth-order valence-electron chi connectivity index (χ4n) is 3.23. The fourth-order valence-corrected chi connectivity index (χ4v) is 3.23. The highest BCUT2D eigenvalue weighted by Crippen LogP contribution is 2.33. The summed E-state index contributed by atoms with van der Waals surface area (Å²) in [5.74, 6) is 0. The van der Waals surface area contributed by atoms with Crippen LogP contribution >= 0.6 is 0 Å². The monoisotopic (exact) mass is 336 g/mol. The van der Waals surface area contributed by atoms with Crippen LogP contribution in [0.5, 0.6) is 0 Å². The Balaban J connectivity index is 1.83. The molecule has 0 aromatic heterocycles. The normalized spacial score (nSPS) is 10.6. The third-order valence-electron chi connectivity index (χ3n) is 4.46. The van der Waals surface area contributed by atoms with Gasteiger partial charge in [-0.3, -0.25) is 0 Å². The molecule has 0 spiro atoms. The van der Waals surface area contributed by atoms with E-state index in [2.05, 4.69) is 36.4 Å². The number of nitrogen functional groups attached to an aromatic ring is 2. The number of rotatable bonds is 3. The molecule has 4 aromatic carbocycles. The van der Waals surface area contributed by atoms with Crippen LogP contribution in [0, 0.1) is 0 Å². The van der Waals surface area contributed by atoms with Gasteiger partial charge in [0.15, 0.2) is 0 Å². The van der Waals surface area contributed by atoms with Crippen molar-refractivity contribution in [1.82, 2.24) is 0 Å². The Morgan fingerprint density at radius 3 is 1.00 bits per heavy atom. The standard InChI is InChI=1S/C24H20N2/c25-23-13-19(17-7-3-1-4-8-17)11-21(15-23)22-12-20(14-24(26)16-22)18-9-5-2-6-10-18/h1-16H,25-26H2. The summed E-state index contributed by atoms with van der Waals surface area (Å²) in [4.78, 5) is 0. The molecule has 26 heavy (non-hydrogen) atoms. The second-order valence-electron chi connectivity index (χ2n) is 6.42. The second-order valence-corrected chi connectivity index (χ2v) is 6.42. The molecule has 0 amide bonds. The van der Waals surface area contributed by atoms with E-state index in [1.54, 1.807) is 0 Å². The molecule has 0 saturated carbocycles. The van der Waals surface area contributed by atoms with Gasteiger partial charge in [-0.05, 0) is 69.8 Å². The average molecular weight is 336 g/mol. The van der Waals surface area contributed by atoms with Gasteiger partial charge >= 0.3 is 0 Å². The first-order valence-electron chi connectivity index (χ1n) is 8.61. The van der Waals surface area contributed by atoms with Crippen molar-refractivity contribution in [2.45, 2.75) is 0 Å². The Morgan fingerprint density at radius 1 is 0.346 bits per heavy atom. The molecule has 126 valence electrons. The highest BCUT2D eigenvalue weighted by atomic mass is 14.6. The first-order valence-corrected chi connectivity index (χ1v) is 8.61. The largest absolute Gasteiger partial charge is 0.399 e. The number of nitrogens with two attached hydrogens (primary N) is 2. The van der Waals surface area contributed by atoms with Gasteiger partial charge in [-0.25, -0.2) is 0 Å². The predicted octanol–water partition coefficient (Wildman–Crippen LogP) is 5.85. The van der Waals surface area contributed by atoms with Crippen molar-refractivity contribution in [3.8, 4) is 33.4 Å². The van der Waals surface area contributed by atoms with E-state index in [0.717, 1.165) is 44.8 Å². The molecule has 0 saturated heterocycles. The lowest BCUT2D eigenvalue weighted by Gasteiger charge is -2.11. The smallest absolute Gasteiger partial charge is 0.0326 e. The molecule has 0 heterocycles. The van der Waals surface area contributed by atoms with Crippen molar-refractivity contribution >= 4 is 11.4 Å². The van der Waals surface area contributed by atoms with Crippen LogP contribution in [0.3, 0.4) is 0 Å². The van der Waals surface area contributed by atoms with E-state index in [-0.39, 0.29) is 0 Å². The first kappa shape index (κ1) is 16.0. The van der Waals surface area contributed by atoms with Gasteiger partial charge in [-0.1, -0.05) is 60.7 Å². The molecule has 0 aliphatic heterocycles. The Kier molecular flexibility index (Phi) is 4.16. The van der Waals surface area contributed by atoms with E-state index in [0.29, 0.717) is 0 Å². The van der Waals surface area contributed by atoms with E-state index in [4.69, 9.17) is 11.5 Å². The van der Waals surface area contributed by atoms with Crippen LogP contribution in [0.2, 0.25) is 0 Å². The van der Waals surface area contributed by atoms with Crippen molar-refractivity contribution < 1.29 is 0 Å². The minimum Gasteiger partial charge on any atom is -0.399 e. The van der Waals surface area contributed by atoms with Crippen LogP contribution in [-0.4, -0.2) is 0 Å². The minimum absolute atomic E-state index is 0.741. The SMILES string of the molecule is Nc1cc(-c2ccccc2)cc(-c2cc(N)cc(-c3ccccc3)c2)c1. The lowest BCUT2D eigenvalue weighted by molar-refractivity contribution is 1.57. The quantitative estimate of drug-likeness (QED) is 0.461. The van der Waals surface area contributed by atoms with Gasteiger partial charge in [0.2, 0.25) is 0 Å². The molecular formula is C24H20N2. The maximum Gasteiger partial charge on any atom is 0.0326 e. The Bertz CT molecular complexity index is 951. The van der Waals surface area contributed by atoms with Gasteiger partial charge in [0.25, 0.3) is 0 Å². The summed E-state index contributed by atoms with van der Waals surface area (Å²) in [7, 11) is 0. The highest BCUT2D eigenvalue weighted by Gasteiger charge is 2.07. The van der Waals surface area contributed by atoms with Gasteiger partial charge < -0.3 is 11.5 Å². The molecule has 2 heteroatoms. The van der Waals surface area contributed by atoms with Crippen LogP contribution in [0.4, 0.5) is 11.4 Å². The maximum atomic E-state index is 6.19. The summed E-state index contributed by atoms with van der Waals surface area (Å²) in [6.45, 7) is 0. The molecule has 4 N–H and O–H groups in total. The third kappa shape index (κ3) is 3.31. The van der Waals surface area contributed by atoms with E-state index in [9.17, 15) is 0 Å². The molecule has 0 aliphatic rings. The summed E-state index contributed by atoms with van der Waals surface area (Å²) >= 11 is 0. The summed E-state index contributed by atoms with van der Waals surface area (Å²) < 4.78 is 0. The molecule has 0 unspecified atom stereocenters. The van der Waals surface area contributed by atoms with Crippen LogP contribution in [0.15, 0.2) is 97.1 Å². The van der Waals surface area contributed by atoms with Crippen molar-refractivity contribution in [3.05, 3.63) is 97.1 Å². The second kappa shape index (κ2) is 6.77. The van der Waals surface area contributed by atoms with Crippen molar-refractivity contribution in [2.24, 2.45) is 0 Å². The molecule has 4 rings (SSSR count). The van der Waals surface area contributed by atoms with E-state index in [1.807, 2.05) is 60.7 Å². The van der Waals surface area contributed by atoms with Crippen LogP contribution < -0.4 is 11.5 Å². The molecule has 0 aliphatic carbocycles. The number of benzene rings is 4. The number of hydrogen-bond donors (Lipinski definition) is 2. The lowest BCUT2D eigenvalue weighted by atomic mass is 9.95. The first-order chi connectivity index (χ1) is 12.7. The summed E-state index contributed by atoms with van der Waals surface area (Å²) in [5, 5.41) is 0. The third-order valence-corrected chi connectivity index (χ3v) is 4.46. The Hall–Kier alpha value is -3.52. The van der Waals surface area contributed by atoms with E-state index in [1.165, 1.54) is 0 Å². The van der Waals surface area contributed by atoms with Crippen molar-refractivity contribution in [2.75, 3.05) is 11.5 Å². The Labute approximate surface area is 153 Å². The van der Waals surface area contributed by atoms with Crippen molar-refractivity contribution in [3.63, 3.8) is 0 Å². The van der Waals surface area contributed by atoms with Crippen LogP contribution in [0.1, 0.15) is 0 Å². The zero-order valence-electron chi connectivity index (χ0n) is 14.4. The lowest BCUT2D eigenvalue weighted by Crippen LogP contribution is -1.92. The molecule has 0 bridgehead atoms. The van der Waals surface area contributed by atoms with E-state index < -0.39 is 0 Å². The maximum absolute atomic E-state index is 6.19. The average Bonchev–Trinajstić information content (AvgIpc) is 2.68.